The number of benzene rings is 1. The number of guanidine groups is 1. The molecule has 2 N–H and O–H groups in total. The lowest BCUT2D eigenvalue weighted by Gasteiger charge is -2.18. The van der Waals surface area contributed by atoms with Crippen LogP contribution >= 0.6 is 47.2 Å². The van der Waals surface area contributed by atoms with E-state index in [0.717, 1.165) is 31.3 Å². The molecule has 28 heavy (non-hydrogen) atoms. The van der Waals surface area contributed by atoms with Gasteiger partial charge in [0.2, 0.25) is 0 Å². The van der Waals surface area contributed by atoms with E-state index in [1.54, 1.807) is 0 Å². The summed E-state index contributed by atoms with van der Waals surface area (Å²) in [5.41, 5.74) is 3.42. The van der Waals surface area contributed by atoms with Crippen molar-refractivity contribution in [3.63, 3.8) is 0 Å². The van der Waals surface area contributed by atoms with Gasteiger partial charge in [0.05, 0.1) is 18.1 Å². The van der Waals surface area contributed by atoms with Gasteiger partial charge in [0, 0.05) is 38.1 Å². The van der Waals surface area contributed by atoms with Crippen molar-refractivity contribution in [2.24, 2.45) is 12.0 Å². The molecule has 0 aliphatic carbocycles. The van der Waals surface area contributed by atoms with Crippen molar-refractivity contribution in [1.29, 1.82) is 0 Å². The second-order valence-corrected chi connectivity index (χ2v) is 7.19. The SMILES string of the molecule is CCNC(=NCc1cccc(N2CC=CC2)c1)NCc1cc(Cl)c(Cl)n1C.I. The summed E-state index contributed by atoms with van der Waals surface area (Å²) in [6.07, 6.45) is 4.39. The number of rotatable bonds is 6. The van der Waals surface area contributed by atoms with Gasteiger partial charge < -0.3 is 20.1 Å². The van der Waals surface area contributed by atoms with Crippen LogP contribution in [-0.2, 0) is 20.1 Å². The largest absolute Gasteiger partial charge is 0.364 e. The third-order valence-electron chi connectivity index (χ3n) is 4.51. The second kappa shape index (κ2) is 11.0. The lowest BCUT2D eigenvalue weighted by Crippen LogP contribution is -2.37. The summed E-state index contributed by atoms with van der Waals surface area (Å²) in [5.74, 6) is 0.763. The van der Waals surface area contributed by atoms with E-state index in [1.807, 2.05) is 17.7 Å². The number of aliphatic imine (C=N–C) groups is 1. The highest BCUT2D eigenvalue weighted by Crippen LogP contribution is 2.25. The minimum atomic E-state index is 0. The summed E-state index contributed by atoms with van der Waals surface area (Å²) in [5, 5.41) is 7.72. The van der Waals surface area contributed by atoms with Crippen LogP contribution in [0.3, 0.4) is 0 Å². The number of aromatic nitrogens is 1. The Morgan fingerprint density at radius 1 is 1.14 bits per heavy atom. The van der Waals surface area contributed by atoms with Crippen LogP contribution in [0.5, 0.6) is 0 Å². The highest BCUT2D eigenvalue weighted by molar-refractivity contribution is 14.0. The van der Waals surface area contributed by atoms with E-state index in [0.29, 0.717) is 23.3 Å². The summed E-state index contributed by atoms with van der Waals surface area (Å²) < 4.78 is 1.87. The van der Waals surface area contributed by atoms with Gasteiger partial charge in [-0.25, -0.2) is 4.99 Å². The van der Waals surface area contributed by atoms with Crippen LogP contribution < -0.4 is 15.5 Å². The van der Waals surface area contributed by atoms with Gasteiger partial charge in [-0.2, -0.15) is 0 Å². The van der Waals surface area contributed by atoms with Crippen molar-refractivity contribution in [3.8, 4) is 0 Å². The molecule has 0 saturated heterocycles. The molecule has 1 aromatic heterocycles. The first-order chi connectivity index (χ1) is 13.1. The quantitative estimate of drug-likeness (QED) is 0.247. The zero-order chi connectivity index (χ0) is 19.2. The zero-order valence-corrected chi connectivity index (χ0v) is 19.9. The first-order valence-electron chi connectivity index (χ1n) is 9.09. The Morgan fingerprint density at radius 2 is 1.89 bits per heavy atom. The van der Waals surface area contributed by atoms with Crippen LogP contribution in [0.1, 0.15) is 18.2 Å². The first kappa shape index (κ1) is 22.9. The topological polar surface area (TPSA) is 44.6 Å². The second-order valence-electron chi connectivity index (χ2n) is 6.43. The van der Waals surface area contributed by atoms with E-state index in [2.05, 4.69) is 58.9 Å². The summed E-state index contributed by atoms with van der Waals surface area (Å²) in [6, 6.07) is 10.4. The molecule has 2 heterocycles. The molecule has 152 valence electrons. The molecule has 1 aliphatic heterocycles. The Labute approximate surface area is 193 Å². The van der Waals surface area contributed by atoms with Crippen molar-refractivity contribution in [3.05, 3.63) is 63.9 Å². The molecule has 5 nitrogen and oxygen atoms in total. The van der Waals surface area contributed by atoms with Gasteiger partial charge >= 0.3 is 0 Å². The van der Waals surface area contributed by atoms with Crippen LogP contribution in [0.15, 0.2) is 47.5 Å². The van der Waals surface area contributed by atoms with E-state index in [-0.39, 0.29) is 24.0 Å². The lowest BCUT2D eigenvalue weighted by atomic mass is 10.2. The van der Waals surface area contributed by atoms with Crippen molar-refractivity contribution >= 4 is 58.8 Å². The molecule has 3 rings (SSSR count). The predicted octanol–water partition coefficient (Wildman–Crippen LogP) is 4.58. The maximum absolute atomic E-state index is 6.13. The molecule has 0 spiro atoms. The molecule has 2 aromatic rings. The fourth-order valence-corrected chi connectivity index (χ4v) is 3.40. The van der Waals surface area contributed by atoms with Gasteiger partial charge in [-0.3, -0.25) is 0 Å². The van der Waals surface area contributed by atoms with E-state index < -0.39 is 0 Å². The molecule has 0 unspecified atom stereocenters. The molecule has 0 radical (unpaired) electrons. The number of hydrogen-bond acceptors (Lipinski definition) is 2. The highest BCUT2D eigenvalue weighted by Gasteiger charge is 2.10. The minimum absolute atomic E-state index is 0. The van der Waals surface area contributed by atoms with Crippen molar-refractivity contribution < 1.29 is 0 Å². The summed E-state index contributed by atoms with van der Waals surface area (Å²) >= 11 is 12.2. The number of anilines is 1. The number of hydrogen-bond donors (Lipinski definition) is 2. The standard InChI is InChI=1S/C20H25Cl2N5.HI/c1-3-23-20(25-14-17-12-18(21)19(22)26(17)2)24-13-15-7-6-8-16(11-15)27-9-4-5-10-27;/h4-8,11-12H,3,9-10,13-14H2,1-2H3,(H2,23,24,25);1H. The average molecular weight is 534 g/mol. The van der Waals surface area contributed by atoms with Crippen LogP contribution in [0, 0.1) is 0 Å². The Bertz CT molecular complexity index is 839. The van der Waals surface area contributed by atoms with Gasteiger partial charge in [0.25, 0.3) is 0 Å². The smallest absolute Gasteiger partial charge is 0.191 e. The first-order valence-corrected chi connectivity index (χ1v) is 9.84. The molecule has 0 atom stereocenters. The molecule has 0 fully saturated rings. The average Bonchev–Trinajstić information content (AvgIpc) is 3.29. The number of nitrogens with zero attached hydrogens (tertiary/aromatic N) is 3. The van der Waals surface area contributed by atoms with Crippen LogP contribution in [0.25, 0.3) is 0 Å². The fraction of sp³-hybridized carbons (Fsp3) is 0.350. The lowest BCUT2D eigenvalue weighted by molar-refractivity contribution is 0.752. The molecule has 1 aliphatic rings. The monoisotopic (exact) mass is 533 g/mol. The van der Waals surface area contributed by atoms with E-state index >= 15 is 0 Å². The van der Waals surface area contributed by atoms with Gasteiger partial charge in [-0.05, 0) is 30.7 Å². The molecule has 0 bridgehead atoms. The number of halogens is 3. The van der Waals surface area contributed by atoms with Crippen molar-refractivity contribution in [2.75, 3.05) is 24.5 Å². The molecular weight excluding hydrogens is 508 g/mol. The minimum Gasteiger partial charge on any atom is -0.364 e. The van der Waals surface area contributed by atoms with E-state index in [9.17, 15) is 0 Å². The predicted molar refractivity (Wildman–Crippen MR) is 130 cm³/mol. The van der Waals surface area contributed by atoms with Crippen LogP contribution in [-0.4, -0.2) is 30.2 Å². The Morgan fingerprint density at radius 3 is 2.54 bits per heavy atom. The molecule has 1 aromatic carbocycles. The van der Waals surface area contributed by atoms with Crippen LogP contribution in [0.2, 0.25) is 10.2 Å². The number of nitrogens with one attached hydrogen (secondary N) is 2. The van der Waals surface area contributed by atoms with Crippen molar-refractivity contribution in [1.82, 2.24) is 15.2 Å². The van der Waals surface area contributed by atoms with Gasteiger partial charge in [0.15, 0.2) is 5.96 Å². The molecular formula is C20H26Cl2IN5. The van der Waals surface area contributed by atoms with E-state index in [1.165, 1.54) is 11.3 Å². The maximum Gasteiger partial charge on any atom is 0.191 e. The Kier molecular flexibility index (Phi) is 8.98. The van der Waals surface area contributed by atoms with Gasteiger partial charge in [-0.15, -0.1) is 24.0 Å². The summed E-state index contributed by atoms with van der Waals surface area (Å²) in [7, 11) is 1.90. The molecule has 0 saturated carbocycles. The van der Waals surface area contributed by atoms with Gasteiger partial charge in [-0.1, -0.05) is 47.5 Å². The Hall–Kier alpha value is -1.38. The third-order valence-corrected chi connectivity index (χ3v) is 5.35. The normalized spacial score (nSPS) is 13.6. The zero-order valence-electron chi connectivity index (χ0n) is 16.1. The maximum atomic E-state index is 6.13. The molecule has 0 amide bonds. The summed E-state index contributed by atoms with van der Waals surface area (Å²) in [6.45, 7) is 5.99. The fourth-order valence-electron chi connectivity index (χ4n) is 2.99. The van der Waals surface area contributed by atoms with Crippen LogP contribution in [0.4, 0.5) is 5.69 Å². The third kappa shape index (κ3) is 5.81. The van der Waals surface area contributed by atoms with Gasteiger partial charge in [0.1, 0.15) is 5.15 Å². The van der Waals surface area contributed by atoms with E-state index in [4.69, 9.17) is 28.2 Å². The Balaban J connectivity index is 0.00000280. The molecule has 8 heteroatoms. The summed E-state index contributed by atoms with van der Waals surface area (Å²) in [4.78, 5) is 7.04. The highest BCUT2D eigenvalue weighted by atomic mass is 127. The van der Waals surface area contributed by atoms with Crippen molar-refractivity contribution in [2.45, 2.75) is 20.0 Å².